The Labute approximate surface area is 260 Å². The van der Waals surface area contributed by atoms with Crippen molar-refractivity contribution in [3.8, 4) is 0 Å². The molecule has 44 heavy (non-hydrogen) atoms. The Hall–Kier alpha value is -5.32. The molecule has 10 rings (SSSR count). The zero-order valence-corrected chi connectivity index (χ0v) is 24.6. The van der Waals surface area contributed by atoms with Crippen molar-refractivity contribution in [3.05, 3.63) is 152 Å². The van der Waals surface area contributed by atoms with Crippen LogP contribution in [0.3, 0.4) is 0 Å². The summed E-state index contributed by atoms with van der Waals surface area (Å²) in [7, 11) is 0. The maximum Gasteiger partial charge on any atom is 0.252 e. The van der Waals surface area contributed by atoms with Crippen molar-refractivity contribution in [1.29, 1.82) is 0 Å². The van der Waals surface area contributed by atoms with Crippen molar-refractivity contribution in [2.24, 2.45) is 0 Å². The average Bonchev–Trinajstić information content (AvgIpc) is 3.47. The number of fused-ring (bicyclic) bond motifs is 9. The fourth-order valence-electron chi connectivity index (χ4n) is 7.71. The fourth-order valence-corrected chi connectivity index (χ4v) is 8.86. The van der Waals surface area contributed by atoms with Crippen molar-refractivity contribution in [2.45, 2.75) is 0 Å². The molecule has 0 bridgehead atoms. The molecule has 0 fully saturated rings. The first-order chi connectivity index (χ1) is 21.9. The van der Waals surface area contributed by atoms with Crippen LogP contribution in [0.4, 0.5) is 34.1 Å². The van der Waals surface area contributed by atoms with E-state index < -0.39 is 0 Å². The molecular formula is C40H25BN2S. The van der Waals surface area contributed by atoms with Crippen LogP contribution in [0.1, 0.15) is 0 Å². The molecule has 1 aromatic heterocycles. The second-order valence-corrected chi connectivity index (χ2v) is 12.8. The molecule has 0 unspecified atom stereocenters. The summed E-state index contributed by atoms with van der Waals surface area (Å²) in [5.41, 5.74) is 11.4. The van der Waals surface area contributed by atoms with Crippen LogP contribution in [-0.4, -0.2) is 6.71 Å². The number of thiophene rings is 1. The first-order valence-electron chi connectivity index (χ1n) is 15.2. The molecule has 0 N–H and O–H groups in total. The van der Waals surface area contributed by atoms with E-state index >= 15 is 0 Å². The molecule has 0 saturated carbocycles. The van der Waals surface area contributed by atoms with E-state index in [9.17, 15) is 0 Å². The zero-order chi connectivity index (χ0) is 28.8. The molecule has 4 heteroatoms. The highest BCUT2D eigenvalue weighted by molar-refractivity contribution is 7.26. The highest BCUT2D eigenvalue weighted by atomic mass is 32.1. The predicted octanol–water partition coefficient (Wildman–Crippen LogP) is 9.29. The Balaban J connectivity index is 1.32. The quantitative estimate of drug-likeness (QED) is 0.189. The SMILES string of the molecule is c1ccc(N2c3ccccc3B3c4ccccc4N(c4cc5sc6ccccc6c5c5ccccc45)c4cccc2c43)cc1. The average molecular weight is 577 g/mol. The predicted molar refractivity (Wildman–Crippen MR) is 191 cm³/mol. The largest absolute Gasteiger partial charge is 0.311 e. The fraction of sp³-hybridized carbons (Fsp3) is 0. The van der Waals surface area contributed by atoms with Gasteiger partial charge < -0.3 is 9.80 Å². The van der Waals surface area contributed by atoms with Gasteiger partial charge in [0.1, 0.15) is 0 Å². The minimum Gasteiger partial charge on any atom is -0.311 e. The van der Waals surface area contributed by atoms with Gasteiger partial charge in [-0.05, 0) is 70.3 Å². The highest BCUT2D eigenvalue weighted by Gasteiger charge is 2.43. The smallest absolute Gasteiger partial charge is 0.252 e. The third-order valence-electron chi connectivity index (χ3n) is 9.43. The number of hydrogen-bond acceptors (Lipinski definition) is 3. The van der Waals surface area contributed by atoms with Crippen LogP contribution >= 0.6 is 11.3 Å². The maximum atomic E-state index is 2.54. The Kier molecular flexibility index (Phi) is 4.99. The van der Waals surface area contributed by atoms with Crippen LogP contribution in [0.5, 0.6) is 0 Å². The van der Waals surface area contributed by atoms with Gasteiger partial charge >= 0.3 is 0 Å². The standard InChI is InChI=1S/C40H25BN2S/c1-2-13-26(14-3-1)42-32-20-9-7-18-30(32)41-31-19-8-10-21-33(31)43(35-23-12-22-34(42)40(35)41)36-25-38-39(28-16-5-4-15-27(28)36)29-17-6-11-24-37(29)44-38/h1-25H. The summed E-state index contributed by atoms with van der Waals surface area (Å²) in [5.74, 6) is 0. The molecule has 0 aliphatic carbocycles. The summed E-state index contributed by atoms with van der Waals surface area (Å²) in [6.45, 7) is 0.143. The van der Waals surface area contributed by atoms with E-state index in [1.807, 2.05) is 11.3 Å². The third-order valence-corrected chi connectivity index (χ3v) is 10.5. The number of anilines is 6. The van der Waals surface area contributed by atoms with Gasteiger partial charge in [-0.1, -0.05) is 103 Å². The van der Waals surface area contributed by atoms with Crippen molar-refractivity contribution in [1.82, 2.24) is 0 Å². The number of rotatable bonds is 2. The van der Waals surface area contributed by atoms with Gasteiger partial charge in [0.15, 0.2) is 0 Å². The molecule has 0 spiro atoms. The van der Waals surface area contributed by atoms with Gasteiger partial charge in [0.05, 0.1) is 5.69 Å². The first kappa shape index (κ1) is 24.2. The molecule has 204 valence electrons. The molecule has 2 nitrogen and oxygen atoms in total. The van der Waals surface area contributed by atoms with Crippen molar-refractivity contribution in [3.63, 3.8) is 0 Å². The van der Waals surface area contributed by atoms with Gasteiger partial charge in [-0.3, -0.25) is 0 Å². The van der Waals surface area contributed by atoms with E-state index in [4.69, 9.17) is 0 Å². The molecule has 2 aliphatic heterocycles. The zero-order valence-electron chi connectivity index (χ0n) is 23.8. The normalized spacial score (nSPS) is 13.3. The van der Waals surface area contributed by atoms with Crippen molar-refractivity contribution >= 4 is 99.5 Å². The molecule has 0 radical (unpaired) electrons. The lowest BCUT2D eigenvalue weighted by atomic mass is 9.33. The van der Waals surface area contributed by atoms with Gasteiger partial charge in [-0.15, -0.1) is 11.3 Å². The summed E-state index contributed by atoms with van der Waals surface area (Å²) in [4.78, 5) is 4.98. The molecule has 8 aromatic rings. The Bertz CT molecular complexity index is 2430. The van der Waals surface area contributed by atoms with Crippen LogP contribution < -0.4 is 26.2 Å². The van der Waals surface area contributed by atoms with E-state index in [-0.39, 0.29) is 6.71 Å². The highest BCUT2D eigenvalue weighted by Crippen LogP contribution is 2.48. The van der Waals surface area contributed by atoms with Gasteiger partial charge in [0, 0.05) is 54.0 Å². The lowest BCUT2D eigenvalue weighted by Crippen LogP contribution is -2.61. The summed E-state index contributed by atoms with van der Waals surface area (Å²) >= 11 is 1.89. The van der Waals surface area contributed by atoms with Crippen molar-refractivity contribution in [2.75, 3.05) is 9.80 Å². The minimum absolute atomic E-state index is 0.143. The molecule has 0 atom stereocenters. The Morgan fingerprint density at radius 1 is 0.409 bits per heavy atom. The van der Waals surface area contributed by atoms with E-state index in [1.54, 1.807) is 0 Å². The Morgan fingerprint density at radius 2 is 0.977 bits per heavy atom. The summed E-state index contributed by atoms with van der Waals surface area (Å²) in [6, 6.07) is 55.8. The molecular weight excluding hydrogens is 551 g/mol. The van der Waals surface area contributed by atoms with Crippen LogP contribution in [0, 0.1) is 0 Å². The second-order valence-electron chi connectivity index (χ2n) is 11.7. The number of para-hydroxylation sites is 3. The van der Waals surface area contributed by atoms with E-state index in [0.29, 0.717) is 0 Å². The summed E-state index contributed by atoms with van der Waals surface area (Å²) in [5, 5.41) is 5.26. The van der Waals surface area contributed by atoms with Gasteiger partial charge in [0.2, 0.25) is 0 Å². The lowest BCUT2D eigenvalue weighted by Gasteiger charge is -2.44. The summed E-state index contributed by atoms with van der Waals surface area (Å²) in [6.07, 6.45) is 0. The number of nitrogens with zero attached hydrogens (tertiary/aromatic N) is 2. The van der Waals surface area contributed by atoms with Crippen LogP contribution in [0.15, 0.2) is 152 Å². The van der Waals surface area contributed by atoms with Crippen LogP contribution in [0.25, 0.3) is 30.9 Å². The van der Waals surface area contributed by atoms with Gasteiger partial charge in [0.25, 0.3) is 6.71 Å². The van der Waals surface area contributed by atoms with Gasteiger partial charge in [-0.2, -0.15) is 0 Å². The maximum absolute atomic E-state index is 2.54. The molecule has 7 aromatic carbocycles. The summed E-state index contributed by atoms with van der Waals surface area (Å²) < 4.78 is 2.65. The second kappa shape index (κ2) is 9.09. The van der Waals surface area contributed by atoms with Crippen molar-refractivity contribution < 1.29 is 0 Å². The molecule has 2 aliphatic rings. The number of benzene rings is 7. The third kappa shape index (κ3) is 3.21. The lowest BCUT2D eigenvalue weighted by molar-refractivity contribution is 1.26. The minimum atomic E-state index is 0.143. The van der Waals surface area contributed by atoms with Crippen LogP contribution in [-0.2, 0) is 0 Å². The molecule has 0 amide bonds. The number of hydrogen-bond donors (Lipinski definition) is 0. The van der Waals surface area contributed by atoms with Crippen LogP contribution in [0.2, 0.25) is 0 Å². The Morgan fingerprint density at radius 3 is 1.75 bits per heavy atom. The molecule has 0 saturated heterocycles. The van der Waals surface area contributed by atoms with E-state index in [2.05, 4.69) is 161 Å². The molecule has 3 heterocycles. The monoisotopic (exact) mass is 576 g/mol. The first-order valence-corrected chi connectivity index (χ1v) is 16.0. The van der Waals surface area contributed by atoms with Gasteiger partial charge in [-0.25, -0.2) is 0 Å². The van der Waals surface area contributed by atoms with E-state index in [1.165, 1.54) is 81.5 Å². The van der Waals surface area contributed by atoms with E-state index in [0.717, 1.165) is 0 Å². The topological polar surface area (TPSA) is 6.48 Å².